The maximum atomic E-state index is 11.2. The number of anilines is 1. The lowest BCUT2D eigenvalue weighted by Crippen LogP contribution is -2.26. The van der Waals surface area contributed by atoms with Crippen molar-refractivity contribution < 1.29 is 4.79 Å². The molecule has 0 bridgehead atoms. The molecular weight excluding hydrogens is 173 g/mol. The number of carbonyl (C=O) groups is 1. The molecule has 0 aliphatic carbocycles. The number of allylic oxidation sites excluding steroid dienone is 2. The number of hydrogen-bond donors (Lipinski definition) is 0. The molecule has 2 aliphatic heterocycles. The molecule has 2 aliphatic rings. The maximum Gasteiger partial charge on any atom is 0.344 e. The Morgan fingerprint density at radius 3 is 2.93 bits per heavy atom. The van der Waals surface area contributed by atoms with E-state index in [-0.39, 0.29) is 5.68 Å². The number of fused-ring (bicyclic) bond motifs is 3. The number of benzene rings is 1. The standard InChI is InChI=1S/C11H7BNO/c14-11-7-9-6-5-8-3-1-2-4-10(8)13(9)12-11/h1-7H. The van der Waals surface area contributed by atoms with Gasteiger partial charge in [0, 0.05) is 11.4 Å². The Labute approximate surface area is 82.8 Å². The lowest BCUT2D eigenvalue weighted by Gasteiger charge is -2.25. The van der Waals surface area contributed by atoms with Crippen molar-refractivity contribution in [3.05, 3.63) is 47.7 Å². The monoisotopic (exact) mass is 180 g/mol. The highest BCUT2D eigenvalue weighted by molar-refractivity contribution is 6.81. The SMILES string of the molecule is O=C1[B]N2C(=C1)C=Cc1ccccc12. The first-order valence-corrected chi connectivity index (χ1v) is 4.51. The van der Waals surface area contributed by atoms with Gasteiger partial charge < -0.3 is 9.61 Å². The number of carbonyl (C=O) groups excluding carboxylic acids is 1. The van der Waals surface area contributed by atoms with Crippen LogP contribution in [0.1, 0.15) is 5.56 Å². The van der Waals surface area contributed by atoms with Crippen LogP contribution in [0.15, 0.2) is 42.1 Å². The predicted octanol–water partition coefficient (Wildman–Crippen LogP) is 1.56. The van der Waals surface area contributed by atoms with Crippen LogP contribution in [-0.4, -0.2) is 13.1 Å². The van der Waals surface area contributed by atoms with Crippen molar-refractivity contribution in [2.24, 2.45) is 0 Å². The summed E-state index contributed by atoms with van der Waals surface area (Å²) in [5.74, 6) is 0. The van der Waals surface area contributed by atoms with Crippen LogP contribution in [0, 0.1) is 0 Å². The van der Waals surface area contributed by atoms with E-state index in [2.05, 4.69) is 0 Å². The van der Waals surface area contributed by atoms with Gasteiger partial charge in [0.15, 0.2) is 0 Å². The second kappa shape index (κ2) is 2.61. The molecule has 0 fully saturated rings. The normalized spacial score (nSPS) is 17.3. The summed E-state index contributed by atoms with van der Waals surface area (Å²) >= 11 is 0. The topological polar surface area (TPSA) is 20.3 Å². The zero-order valence-corrected chi connectivity index (χ0v) is 7.47. The van der Waals surface area contributed by atoms with Crippen LogP contribution in [0.2, 0.25) is 0 Å². The van der Waals surface area contributed by atoms with Gasteiger partial charge in [-0.3, -0.25) is 0 Å². The van der Waals surface area contributed by atoms with Gasteiger partial charge in [-0.15, -0.1) is 0 Å². The fraction of sp³-hybridized carbons (Fsp3) is 0. The molecule has 0 N–H and O–H groups in total. The van der Waals surface area contributed by atoms with Gasteiger partial charge in [-0.2, -0.15) is 0 Å². The fourth-order valence-corrected chi connectivity index (χ4v) is 1.81. The van der Waals surface area contributed by atoms with Crippen LogP contribution >= 0.6 is 0 Å². The Bertz CT molecular complexity index is 476. The molecule has 0 unspecified atom stereocenters. The third kappa shape index (κ3) is 0.955. The second-order valence-corrected chi connectivity index (χ2v) is 3.36. The minimum atomic E-state index is 0.0568. The van der Waals surface area contributed by atoms with Crippen molar-refractivity contribution in [1.82, 2.24) is 0 Å². The largest absolute Gasteiger partial charge is 0.381 e. The van der Waals surface area contributed by atoms with Crippen molar-refractivity contribution in [2.75, 3.05) is 4.81 Å². The summed E-state index contributed by atoms with van der Waals surface area (Å²) in [7, 11) is 1.62. The molecule has 3 rings (SSSR count). The zero-order chi connectivity index (χ0) is 9.54. The van der Waals surface area contributed by atoms with E-state index in [1.807, 2.05) is 41.2 Å². The van der Waals surface area contributed by atoms with Crippen LogP contribution in [-0.2, 0) is 4.79 Å². The molecule has 14 heavy (non-hydrogen) atoms. The summed E-state index contributed by atoms with van der Waals surface area (Å²) in [6.45, 7) is 0. The van der Waals surface area contributed by atoms with E-state index >= 15 is 0 Å². The number of nitrogens with zero attached hydrogens (tertiary/aromatic N) is 1. The maximum absolute atomic E-state index is 11.2. The predicted molar refractivity (Wildman–Crippen MR) is 56.8 cm³/mol. The van der Waals surface area contributed by atoms with E-state index in [0.717, 1.165) is 16.9 Å². The molecule has 0 atom stereocenters. The first-order valence-electron chi connectivity index (χ1n) is 4.51. The van der Waals surface area contributed by atoms with Crippen LogP contribution in [0.4, 0.5) is 5.69 Å². The molecule has 0 amide bonds. The van der Waals surface area contributed by atoms with Gasteiger partial charge in [0.25, 0.3) is 0 Å². The quantitative estimate of drug-likeness (QED) is 0.564. The molecular formula is C11H7BNO. The van der Waals surface area contributed by atoms with Crippen LogP contribution in [0.5, 0.6) is 0 Å². The van der Waals surface area contributed by atoms with E-state index in [0.29, 0.717) is 0 Å². The third-order valence-electron chi connectivity index (χ3n) is 2.45. The van der Waals surface area contributed by atoms with Gasteiger partial charge >= 0.3 is 7.41 Å². The molecule has 2 heterocycles. The summed E-state index contributed by atoms with van der Waals surface area (Å²) in [5, 5.41) is 0. The first-order chi connectivity index (χ1) is 6.84. The van der Waals surface area contributed by atoms with Gasteiger partial charge in [-0.25, -0.2) is 0 Å². The van der Waals surface area contributed by atoms with Gasteiger partial charge in [0.1, 0.15) is 5.68 Å². The van der Waals surface area contributed by atoms with Crippen molar-refractivity contribution in [2.45, 2.75) is 0 Å². The molecule has 0 aromatic heterocycles. The van der Waals surface area contributed by atoms with Gasteiger partial charge in [0.2, 0.25) is 0 Å². The Hall–Kier alpha value is -1.77. The van der Waals surface area contributed by atoms with Gasteiger partial charge in [-0.05, 0) is 23.8 Å². The molecule has 65 valence electrons. The highest BCUT2D eigenvalue weighted by Gasteiger charge is 2.26. The molecule has 1 aromatic rings. The fourth-order valence-electron chi connectivity index (χ4n) is 1.81. The summed E-state index contributed by atoms with van der Waals surface area (Å²) < 4.78 is 0. The molecule has 0 spiro atoms. The van der Waals surface area contributed by atoms with Crippen LogP contribution < -0.4 is 4.81 Å². The minimum absolute atomic E-state index is 0.0568. The molecule has 3 heteroatoms. The Balaban J connectivity index is 2.19. The van der Waals surface area contributed by atoms with E-state index in [9.17, 15) is 4.79 Å². The van der Waals surface area contributed by atoms with E-state index in [4.69, 9.17) is 0 Å². The van der Waals surface area contributed by atoms with Crippen LogP contribution in [0.3, 0.4) is 0 Å². The van der Waals surface area contributed by atoms with E-state index < -0.39 is 0 Å². The first kappa shape index (κ1) is 7.62. The van der Waals surface area contributed by atoms with Gasteiger partial charge in [-0.1, -0.05) is 24.3 Å². The van der Waals surface area contributed by atoms with Crippen LogP contribution in [0.25, 0.3) is 6.08 Å². The lowest BCUT2D eigenvalue weighted by atomic mass is 9.87. The van der Waals surface area contributed by atoms with E-state index in [1.165, 1.54) is 0 Å². The van der Waals surface area contributed by atoms with Crippen molar-refractivity contribution in [1.29, 1.82) is 0 Å². The molecule has 2 nitrogen and oxygen atoms in total. The second-order valence-electron chi connectivity index (χ2n) is 3.36. The lowest BCUT2D eigenvalue weighted by molar-refractivity contribution is -0.107. The van der Waals surface area contributed by atoms with Gasteiger partial charge in [0.05, 0.1) is 0 Å². The van der Waals surface area contributed by atoms with E-state index in [1.54, 1.807) is 13.5 Å². The average molecular weight is 180 g/mol. The molecule has 1 aromatic carbocycles. The summed E-state index contributed by atoms with van der Waals surface area (Å²) in [6.07, 6.45) is 5.64. The molecule has 0 saturated carbocycles. The van der Waals surface area contributed by atoms with Crippen molar-refractivity contribution in [3.8, 4) is 0 Å². The Morgan fingerprint density at radius 2 is 2.00 bits per heavy atom. The summed E-state index contributed by atoms with van der Waals surface area (Å²) in [5.41, 5.74) is 3.23. The zero-order valence-electron chi connectivity index (χ0n) is 7.47. The summed E-state index contributed by atoms with van der Waals surface area (Å²) in [6, 6.07) is 8.03. The average Bonchev–Trinajstić information content (AvgIpc) is 2.59. The number of hydrogen-bond acceptors (Lipinski definition) is 2. The van der Waals surface area contributed by atoms with Crippen molar-refractivity contribution >= 4 is 24.9 Å². The Kier molecular flexibility index (Phi) is 1.42. The minimum Gasteiger partial charge on any atom is -0.381 e. The molecule has 0 saturated heterocycles. The summed E-state index contributed by atoms with van der Waals surface area (Å²) in [4.78, 5) is 13.1. The number of rotatable bonds is 0. The smallest absolute Gasteiger partial charge is 0.344 e. The Morgan fingerprint density at radius 1 is 1.14 bits per heavy atom. The van der Waals surface area contributed by atoms with Crippen molar-refractivity contribution in [3.63, 3.8) is 0 Å². The third-order valence-corrected chi connectivity index (χ3v) is 2.45. The highest BCUT2D eigenvalue weighted by Crippen LogP contribution is 2.31. The highest BCUT2D eigenvalue weighted by atomic mass is 16.1. The molecule has 1 radical (unpaired) electrons. The number of para-hydroxylation sites is 1.